The normalized spacial score (nSPS) is 25.9. The van der Waals surface area contributed by atoms with Gasteiger partial charge in [-0.1, -0.05) is 6.42 Å². The zero-order valence-corrected chi connectivity index (χ0v) is 11.9. The standard InChI is InChI=1S/C16H21F2NO2/c17-12-7-10(9-19-11-5-6-11)8-13(18)16(12)21-15-4-2-1-3-14(15)20/h7-8,11,14-15,19-20H,1-6,9H2. The van der Waals surface area contributed by atoms with E-state index in [9.17, 15) is 13.9 Å². The Kier molecular flexibility index (Phi) is 4.40. The Bertz CT molecular complexity index is 482. The first-order valence-corrected chi connectivity index (χ1v) is 7.69. The van der Waals surface area contributed by atoms with Crippen molar-refractivity contribution in [3.05, 3.63) is 29.3 Å². The van der Waals surface area contributed by atoms with Gasteiger partial charge in [0.25, 0.3) is 0 Å². The quantitative estimate of drug-likeness (QED) is 0.878. The van der Waals surface area contributed by atoms with Gasteiger partial charge in [-0.3, -0.25) is 0 Å². The van der Waals surface area contributed by atoms with Crippen LogP contribution in [-0.4, -0.2) is 23.4 Å². The molecule has 0 spiro atoms. The highest BCUT2D eigenvalue weighted by atomic mass is 19.1. The molecule has 2 atom stereocenters. The van der Waals surface area contributed by atoms with Gasteiger partial charge in [0.1, 0.15) is 6.10 Å². The van der Waals surface area contributed by atoms with E-state index in [2.05, 4.69) is 5.32 Å². The fourth-order valence-electron chi connectivity index (χ4n) is 2.74. The number of hydrogen-bond donors (Lipinski definition) is 2. The van der Waals surface area contributed by atoms with Crippen molar-refractivity contribution < 1.29 is 18.6 Å². The minimum Gasteiger partial charge on any atom is -0.482 e. The molecule has 0 aliphatic heterocycles. The summed E-state index contributed by atoms with van der Waals surface area (Å²) in [4.78, 5) is 0. The van der Waals surface area contributed by atoms with Gasteiger partial charge in [-0.05, 0) is 49.8 Å². The topological polar surface area (TPSA) is 41.5 Å². The van der Waals surface area contributed by atoms with Crippen LogP contribution in [0.4, 0.5) is 8.78 Å². The van der Waals surface area contributed by atoms with Crippen LogP contribution in [0.3, 0.4) is 0 Å². The van der Waals surface area contributed by atoms with Crippen molar-refractivity contribution in [1.82, 2.24) is 5.32 Å². The summed E-state index contributed by atoms with van der Waals surface area (Å²) in [5, 5.41) is 13.1. The van der Waals surface area contributed by atoms with Gasteiger partial charge in [0.05, 0.1) is 6.10 Å². The number of rotatable bonds is 5. The molecule has 1 aromatic carbocycles. The Balaban J connectivity index is 1.69. The summed E-state index contributed by atoms with van der Waals surface area (Å²) in [7, 11) is 0. The number of aliphatic hydroxyl groups excluding tert-OH is 1. The summed E-state index contributed by atoms with van der Waals surface area (Å²) in [5.41, 5.74) is 0.577. The average Bonchev–Trinajstić information content (AvgIpc) is 3.26. The van der Waals surface area contributed by atoms with Crippen molar-refractivity contribution in [3.8, 4) is 5.75 Å². The van der Waals surface area contributed by atoms with Gasteiger partial charge >= 0.3 is 0 Å². The summed E-state index contributed by atoms with van der Waals surface area (Å²) in [5.74, 6) is -1.75. The van der Waals surface area contributed by atoms with Crippen molar-refractivity contribution in [2.45, 2.75) is 63.3 Å². The van der Waals surface area contributed by atoms with Crippen molar-refractivity contribution in [3.63, 3.8) is 0 Å². The van der Waals surface area contributed by atoms with Crippen LogP contribution >= 0.6 is 0 Å². The maximum absolute atomic E-state index is 14.1. The molecule has 0 saturated heterocycles. The van der Waals surface area contributed by atoms with Crippen molar-refractivity contribution in [1.29, 1.82) is 0 Å². The van der Waals surface area contributed by atoms with Crippen molar-refractivity contribution >= 4 is 0 Å². The van der Waals surface area contributed by atoms with E-state index >= 15 is 0 Å². The first kappa shape index (κ1) is 14.7. The van der Waals surface area contributed by atoms with Crippen LogP contribution in [0, 0.1) is 11.6 Å². The van der Waals surface area contributed by atoms with Crippen molar-refractivity contribution in [2.75, 3.05) is 0 Å². The summed E-state index contributed by atoms with van der Waals surface area (Å²) >= 11 is 0. The lowest BCUT2D eigenvalue weighted by atomic mass is 9.95. The number of nitrogens with one attached hydrogen (secondary N) is 1. The third kappa shape index (κ3) is 3.71. The highest BCUT2D eigenvalue weighted by Gasteiger charge is 2.27. The molecular formula is C16H21F2NO2. The molecule has 2 unspecified atom stereocenters. The van der Waals surface area contributed by atoms with Gasteiger partial charge in [0, 0.05) is 12.6 Å². The first-order chi connectivity index (χ1) is 10.1. The molecule has 21 heavy (non-hydrogen) atoms. The van der Waals surface area contributed by atoms with Crippen LogP contribution in [0.25, 0.3) is 0 Å². The molecule has 0 heterocycles. The highest BCUT2D eigenvalue weighted by Crippen LogP contribution is 2.29. The van der Waals surface area contributed by atoms with E-state index in [0.29, 0.717) is 31.0 Å². The van der Waals surface area contributed by atoms with E-state index < -0.39 is 23.8 Å². The number of aliphatic hydroxyl groups is 1. The third-order valence-electron chi connectivity index (χ3n) is 4.17. The van der Waals surface area contributed by atoms with Crippen molar-refractivity contribution in [2.24, 2.45) is 0 Å². The van der Waals surface area contributed by atoms with Crippen LogP contribution in [0.5, 0.6) is 5.75 Å². The number of benzene rings is 1. The zero-order chi connectivity index (χ0) is 14.8. The highest BCUT2D eigenvalue weighted by molar-refractivity contribution is 5.31. The minimum atomic E-state index is -0.694. The molecular weight excluding hydrogens is 276 g/mol. The molecule has 0 aromatic heterocycles. The second kappa shape index (κ2) is 6.28. The molecule has 2 aliphatic rings. The summed E-state index contributed by atoms with van der Waals surface area (Å²) < 4.78 is 33.5. The van der Waals surface area contributed by atoms with Crippen LogP contribution in [-0.2, 0) is 6.54 Å². The molecule has 5 heteroatoms. The Morgan fingerprint density at radius 3 is 2.38 bits per heavy atom. The summed E-state index contributed by atoms with van der Waals surface area (Å²) in [6, 6.07) is 3.11. The summed E-state index contributed by atoms with van der Waals surface area (Å²) in [6.07, 6.45) is 4.19. The molecule has 2 saturated carbocycles. The lowest BCUT2D eigenvalue weighted by Gasteiger charge is -2.28. The fourth-order valence-corrected chi connectivity index (χ4v) is 2.74. The second-order valence-corrected chi connectivity index (χ2v) is 6.05. The van der Waals surface area contributed by atoms with E-state index in [1.54, 1.807) is 0 Å². The molecule has 3 rings (SSSR count). The molecule has 2 fully saturated rings. The monoisotopic (exact) mass is 297 g/mol. The smallest absolute Gasteiger partial charge is 0.191 e. The van der Waals surface area contributed by atoms with E-state index in [1.807, 2.05) is 0 Å². The van der Waals surface area contributed by atoms with Gasteiger partial charge in [-0.25, -0.2) is 8.78 Å². The number of hydrogen-bond acceptors (Lipinski definition) is 3. The SMILES string of the molecule is OC1CCCCC1Oc1c(F)cc(CNC2CC2)cc1F. The predicted octanol–water partition coefficient (Wildman–Crippen LogP) is 2.90. The van der Waals surface area contributed by atoms with E-state index in [0.717, 1.165) is 25.7 Å². The molecule has 2 N–H and O–H groups in total. The molecule has 0 radical (unpaired) electrons. The van der Waals surface area contributed by atoms with E-state index in [4.69, 9.17) is 4.74 Å². The largest absolute Gasteiger partial charge is 0.482 e. The Labute approximate surface area is 123 Å². The van der Waals surface area contributed by atoms with Crippen LogP contribution < -0.4 is 10.1 Å². The van der Waals surface area contributed by atoms with Gasteiger partial charge in [-0.2, -0.15) is 0 Å². The Morgan fingerprint density at radius 2 is 1.76 bits per heavy atom. The lowest BCUT2D eigenvalue weighted by Crippen LogP contribution is -2.35. The van der Waals surface area contributed by atoms with Gasteiger partial charge < -0.3 is 15.2 Å². The maximum atomic E-state index is 14.1. The summed E-state index contributed by atoms with van der Waals surface area (Å²) in [6.45, 7) is 0.463. The van der Waals surface area contributed by atoms with Crippen LogP contribution in [0.15, 0.2) is 12.1 Å². The molecule has 3 nitrogen and oxygen atoms in total. The Hall–Kier alpha value is -1.20. The molecule has 0 bridgehead atoms. The maximum Gasteiger partial charge on any atom is 0.191 e. The van der Waals surface area contributed by atoms with E-state index in [1.165, 1.54) is 12.1 Å². The predicted molar refractivity (Wildman–Crippen MR) is 75.1 cm³/mol. The molecule has 2 aliphatic carbocycles. The van der Waals surface area contributed by atoms with Crippen LogP contribution in [0.2, 0.25) is 0 Å². The van der Waals surface area contributed by atoms with Crippen LogP contribution in [0.1, 0.15) is 44.1 Å². The fraction of sp³-hybridized carbons (Fsp3) is 0.625. The number of halogens is 2. The molecule has 0 amide bonds. The average molecular weight is 297 g/mol. The first-order valence-electron chi connectivity index (χ1n) is 7.69. The lowest BCUT2D eigenvalue weighted by molar-refractivity contribution is 0.00295. The molecule has 116 valence electrons. The van der Waals surface area contributed by atoms with Gasteiger partial charge in [0.2, 0.25) is 0 Å². The minimum absolute atomic E-state index is 0.365. The second-order valence-electron chi connectivity index (χ2n) is 6.05. The Morgan fingerprint density at radius 1 is 1.10 bits per heavy atom. The van der Waals surface area contributed by atoms with Gasteiger partial charge in [-0.15, -0.1) is 0 Å². The molecule has 1 aromatic rings. The third-order valence-corrected chi connectivity index (χ3v) is 4.17. The van der Waals surface area contributed by atoms with E-state index in [-0.39, 0.29) is 5.75 Å². The zero-order valence-electron chi connectivity index (χ0n) is 11.9. The van der Waals surface area contributed by atoms with Gasteiger partial charge in [0.15, 0.2) is 17.4 Å². The number of ether oxygens (including phenoxy) is 1.